The van der Waals surface area contributed by atoms with E-state index in [9.17, 15) is 0 Å². The van der Waals surface area contributed by atoms with Crippen LogP contribution in [0.15, 0.2) is 0 Å². The first-order chi connectivity index (χ1) is 9.71. The van der Waals surface area contributed by atoms with E-state index in [0.717, 1.165) is 0 Å². The summed E-state index contributed by atoms with van der Waals surface area (Å²) in [5.41, 5.74) is 0. The molecule has 0 atom stereocenters. The van der Waals surface area contributed by atoms with E-state index in [0.29, 0.717) is 6.17 Å². The van der Waals surface area contributed by atoms with Crippen molar-refractivity contribution in [3.05, 3.63) is 6.92 Å². The summed E-state index contributed by atoms with van der Waals surface area (Å²) in [4.78, 5) is 5.22. The monoisotopic (exact) mass is 283 g/mol. The van der Waals surface area contributed by atoms with Gasteiger partial charge in [0.15, 0.2) is 0 Å². The van der Waals surface area contributed by atoms with Crippen molar-refractivity contribution in [3.8, 4) is 0 Å². The molecule has 0 aromatic rings. The lowest BCUT2D eigenvalue weighted by Gasteiger charge is -2.38. The maximum absolute atomic E-state index is 4.50. The van der Waals surface area contributed by atoms with Crippen molar-refractivity contribution in [2.75, 3.05) is 26.2 Å². The number of unbranched alkanes of at least 4 members (excludes halogenated alkanes) is 4. The first kappa shape index (κ1) is 19.9. The lowest BCUT2D eigenvalue weighted by Crippen LogP contribution is -2.48. The van der Waals surface area contributed by atoms with Crippen LogP contribution in [0.2, 0.25) is 0 Å². The van der Waals surface area contributed by atoms with Gasteiger partial charge in [0.2, 0.25) is 0 Å². The summed E-state index contributed by atoms with van der Waals surface area (Å²) in [5.74, 6) is 0. The average Bonchev–Trinajstić information content (AvgIpc) is 2.47. The molecule has 0 saturated carbocycles. The van der Waals surface area contributed by atoms with Crippen LogP contribution in [0, 0.1) is 6.92 Å². The van der Waals surface area contributed by atoms with E-state index < -0.39 is 0 Å². The van der Waals surface area contributed by atoms with Gasteiger partial charge in [-0.2, -0.15) is 0 Å². The molecule has 0 bridgehead atoms. The molecule has 0 N–H and O–H groups in total. The Labute approximate surface area is 128 Å². The molecule has 0 aromatic carbocycles. The average molecular weight is 284 g/mol. The van der Waals surface area contributed by atoms with E-state index in [-0.39, 0.29) is 0 Å². The first-order valence-corrected chi connectivity index (χ1v) is 9.02. The second-order valence-electron chi connectivity index (χ2n) is 5.97. The highest BCUT2D eigenvalue weighted by Gasteiger charge is 2.19. The Balaban J connectivity index is 4.49. The largest absolute Gasteiger partial charge is 0.288 e. The number of rotatable bonds is 14. The topological polar surface area (TPSA) is 6.48 Å². The van der Waals surface area contributed by atoms with Gasteiger partial charge in [0, 0.05) is 0 Å². The van der Waals surface area contributed by atoms with Gasteiger partial charge in [-0.05, 0) is 58.8 Å². The quantitative estimate of drug-likeness (QED) is 0.416. The molecule has 0 rings (SSSR count). The molecule has 20 heavy (non-hydrogen) atoms. The Morgan fingerprint density at radius 2 is 0.850 bits per heavy atom. The molecule has 2 nitrogen and oxygen atoms in total. The van der Waals surface area contributed by atoms with E-state index in [2.05, 4.69) is 44.4 Å². The Morgan fingerprint density at radius 3 is 1.05 bits per heavy atom. The predicted molar refractivity (Wildman–Crippen MR) is 91.9 cm³/mol. The van der Waals surface area contributed by atoms with E-state index in [1.807, 2.05) is 0 Å². The molecule has 0 unspecified atom stereocenters. The standard InChI is InChI=1S/C18H39N2/c1-6-10-14-19(15-11-7-2)18(5)20(16-12-8-3)17-13-9-4/h18H,5-17H2,1-4H3. The Kier molecular flexibility index (Phi) is 13.8. The smallest absolute Gasteiger partial charge is 0.0623 e. The van der Waals surface area contributed by atoms with Crippen molar-refractivity contribution in [2.45, 2.75) is 85.2 Å². The van der Waals surface area contributed by atoms with Crippen LogP contribution in [-0.4, -0.2) is 42.1 Å². The highest BCUT2D eigenvalue weighted by molar-refractivity contribution is 4.76. The molecule has 0 spiro atoms. The zero-order valence-electron chi connectivity index (χ0n) is 14.7. The Hall–Kier alpha value is -0.0800. The lowest BCUT2D eigenvalue weighted by atomic mass is 10.2. The van der Waals surface area contributed by atoms with Gasteiger partial charge in [-0.3, -0.25) is 9.80 Å². The van der Waals surface area contributed by atoms with Crippen molar-refractivity contribution in [1.82, 2.24) is 9.80 Å². The number of hydrogen-bond acceptors (Lipinski definition) is 2. The summed E-state index contributed by atoms with van der Waals surface area (Å²) in [6, 6.07) is 0. The molecule has 121 valence electrons. The first-order valence-electron chi connectivity index (χ1n) is 9.02. The fraction of sp³-hybridized carbons (Fsp3) is 0.944. The summed E-state index contributed by atoms with van der Waals surface area (Å²) in [6.45, 7) is 18.5. The van der Waals surface area contributed by atoms with Gasteiger partial charge in [0.25, 0.3) is 0 Å². The zero-order valence-corrected chi connectivity index (χ0v) is 14.7. The van der Waals surface area contributed by atoms with Crippen LogP contribution in [0.3, 0.4) is 0 Å². The van der Waals surface area contributed by atoms with Gasteiger partial charge in [-0.25, -0.2) is 0 Å². The van der Waals surface area contributed by atoms with Gasteiger partial charge in [-0.1, -0.05) is 53.4 Å². The third-order valence-corrected chi connectivity index (χ3v) is 4.04. The van der Waals surface area contributed by atoms with E-state index >= 15 is 0 Å². The molecule has 0 aromatic heterocycles. The highest BCUT2D eigenvalue weighted by Crippen LogP contribution is 2.12. The molecule has 0 aliphatic heterocycles. The Bertz CT molecular complexity index is 158. The van der Waals surface area contributed by atoms with Gasteiger partial charge in [0.05, 0.1) is 6.17 Å². The van der Waals surface area contributed by atoms with Crippen molar-refractivity contribution < 1.29 is 0 Å². The molecule has 0 heterocycles. The second-order valence-corrected chi connectivity index (χ2v) is 5.97. The summed E-state index contributed by atoms with van der Waals surface area (Å²) in [6.07, 6.45) is 10.7. The lowest BCUT2D eigenvalue weighted by molar-refractivity contribution is 0.0679. The maximum Gasteiger partial charge on any atom is 0.0623 e. The van der Waals surface area contributed by atoms with Gasteiger partial charge in [-0.15, -0.1) is 0 Å². The van der Waals surface area contributed by atoms with E-state index in [1.54, 1.807) is 0 Å². The van der Waals surface area contributed by atoms with Crippen LogP contribution < -0.4 is 0 Å². The minimum atomic E-state index is 0.367. The highest BCUT2D eigenvalue weighted by atomic mass is 15.3. The fourth-order valence-corrected chi connectivity index (χ4v) is 2.50. The van der Waals surface area contributed by atoms with Crippen molar-refractivity contribution in [2.24, 2.45) is 0 Å². The van der Waals surface area contributed by atoms with Crippen LogP contribution in [0.4, 0.5) is 0 Å². The fourth-order valence-electron chi connectivity index (χ4n) is 2.50. The van der Waals surface area contributed by atoms with Gasteiger partial charge in [0.1, 0.15) is 0 Å². The molecule has 0 aliphatic carbocycles. The van der Waals surface area contributed by atoms with E-state index in [4.69, 9.17) is 0 Å². The van der Waals surface area contributed by atoms with Crippen LogP contribution in [-0.2, 0) is 0 Å². The van der Waals surface area contributed by atoms with E-state index in [1.165, 1.54) is 77.5 Å². The third kappa shape index (κ3) is 8.97. The minimum absolute atomic E-state index is 0.367. The Morgan fingerprint density at radius 1 is 0.600 bits per heavy atom. The SMILES string of the molecule is [CH2]C(N(CCCC)CCCC)N(CCCC)CCCC. The summed E-state index contributed by atoms with van der Waals surface area (Å²) in [5, 5.41) is 0. The second kappa shape index (κ2) is 13.9. The van der Waals surface area contributed by atoms with Crippen molar-refractivity contribution in [1.29, 1.82) is 0 Å². The van der Waals surface area contributed by atoms with Crippen LogP contribution in [0.1, 0.15) is 79.1 Å². The van der Waals surface area contributed by atoms with Crippen LogP contribution >= 0.6 is 0 Å². The maximum atomic E-state index is 4.50. The molecule has 0 aliphatic rings. The molecule has 1 radical (unpaired) electrons. The summed E-state index contributed by atoms with van der Waals surface area (Å²) in [7, 11) is 0. The third-order valence-electron chi connectivity index (χ3n) is 4.04. The number of hydrogen-bond donors (Lipinski definition) is 0. The van der Waals surface area contributed by atoms with Gasteiger partial charge < -0.3 is 0 Å². The van der Waals surface area contributed by atoms with Crippen molar-refractivity contribution >= 4 is 0 Å². The van der Waals surface area contributed by atoms with Crippen molar-refractivity contribution in [3.63, 3.8) is 0 Å². The molecular weight excluding hydrogens is 244 g/mol. The zero-order chi connectivity index (χ0) is 15.2. The molecule has 2 heteroatoms. The predicted octanol–water partition coefficient (Wildman–Crippen LogP) is 4.95. The number of nitrogens with zero attached hydrogens (tertiary/aromatic N) is 2. The van der Waals surface area contributed by atoms with Crippen LogP contribution in [0.25, 0.3) is 0 Å². The minimum Gasteiger partial charge on any atom is -0.288 e. The summed E-state index contributed by atoms with van der Waals surface area (Å²) < 4.78 is 0. The van der Waals surface area contributed by atoms with Gasteiger partial charge >= 0.3 is 0 Å². The normalized spacial score (nSPS) is 12.0. The molecule has 0 saturated heterocycles. The molecular formula is C18H39N2. The van der Waals surface area contributed by atoms with Crippen LogP contribution in [0.5, 0.6) is 0 Å². The molecule has 0 fully saturated rings. The summed E-state index contributed by atoms with van der Waals surface area (Å²) >= 11 is 0. The molecule has 0 amide bonds.